The average molecular weight is 524 g/mol. The maximum atomic E-state index is 14.4. The molecule has 0 unspecified atom stereocenters. The first kappa shape index (κ1) is 24.6. The van der Waals surface area contributed by atoms with Crippen molar-refractivity contribution in [2.24, 2.45) is 5.41 Å². The second kappa shape index (κ2) is 9.48. The van der Waals surface area contributed by atoms with Crippen LogP contribution in [-0.2, 0) is 0 Å². The third-order valence-corrected chi connectivity index (χ3v) is 6.60. The molecule has 2 aromatic carbocycles. The van der Waals surface area contributed by atoms with Gasteiger partial charge in [0.2, 0.25) is 0 Å². The highest BCUT2D eigenvalue weighted by Crippen LogP contribution is 2.44. The van der Waals surface area contributed by atoms with Gasteiger partial charge in [0.05, 0.1) is 16.7 Å². The van der Waals surface area contributed by atoms with E-state index in [4.69, 9.17) is 14.5 Å². The number of hydrogen-bond donors (Lipinski definition) is 0. The van der Waals surface area contributed by atoms with Crippen LogP contribution >= 0.6 is 27.3 Å². The molecule has 0 bridgehead atoms. The summed E-state index contributed by atoms with van der Waals surface area (Å²) in [6.07, 6.45) is 0.0160. The third kappa shape index (κ3) is 5.49. The van der Waals surface area contributed by atoms with Crippen LogP contribution < -0.4 is 9.47 Å². The van der Waals surface area contributed by atoms with Crippen LogP contribution in [0.1, 0.15) is 40.2 Å². The molecule has 172 valence electrons. The third-order valence-electron chi connectivity index (χ3n) is 5.05. The minimum atomic E-state index is -2.95. The molecular weight excluding hydrogens is 496 g/mol. The summed E-state index contributed by atoms with van der Waals surface area (Å²) in [6, 6.07) is 13.1. The van der Waals surface area contributed by atoms with E-state index in [0.29, 0.717) is 5.75 Å². The zero-order valence-electron chi connectivity index (χ0n) is 19.1. The summed E-state index contributed by atoms with van der Waals surface area (Å²) in [5.41, 5.74) is 2.41. The molecule has 0 aliphatic rings. The molecule has 7 heteroatoms. The number of rotatable bonds is 7. The second-order valence-electron chi connectivity index (χ2n) is 9.03. The van der Waals surface area contributed by atoms with E-state index in [2.05, 4.69) is 15.9 Å². The zero-order valence-corrected chi connectivity index (χ0v) is 21.5. The van der Waals surface area contributed by atoms with Crippen molar-refractivity contribution in [3.8, 4) is 33.2 Å². The van der Waals surface area contributed by atoms with Crippen LogP contribution in [0.25, 0.3) is 21.7 Å². The van der Waals surface area contributed by atoms with Crippen molar-refractivity contribution in [1.82, 2.24) is 4.98 Å². The van der Waals surface area contributed by atoms with Gasteiger partial charge in [0.15, 0.2) is 10.5 Å². The molecule has 0 aliphatic carbocycles. The summed E-state index contributed by atoms with van der Waals surface area (Å²) < 4.78 is 41.0. The molecule has 0 saturated carbocycles. The molecule has 3 aromatic rings. The lowest BCUT2D eigenvalue weighted by Crippen LogP contribution is -2.39. The van der Waals surface area contributed by atoms with Crippen molar-refractivity contribution < 1.29 is 18.3 Å². The van der Waals surface area contributed by atoms with E-state index in [1.807, 2.05) is 45.0 Å². The van der Waals surface area contributed by atoms with Gasteiger partial charge in [-0.15, -0.1) is 11.3 Å². The average Bonchev–Trinajstić information content (AvgIpc) is 3.07. The summed E-state index contributed by atoms with van der Waals surface area (Å²) in [7, 11) is 0. The van der Waals surface area contributed by atoms with E-state index in [1.54, 1.807) is 18.2 Å². The molecule has 3 nitrogen and oxygen atoms in total. The van der Waals surface area contributed by atoms with Crippen LogP contribution in [0, 0.1) is 12.3 Å². The van der Waals surface area contributed by atoms with Gasteiger partial charge in [0.25, 0.3) is 5.92 Å². The quantitative estimate of drug-likeness (QED) is 0.311. The van der Waals surface area contributed by atoms with E-state index < -0.39 is 17.9 Å². The number of benzene rings is 2. The molecule has 0 N–H and O–H groups in total. The summed E-state index contributed by atoms with van der Waals surface area (Å²) in [5.74, 6) is -1.80. The lowest BCUT2D eigenvalue weighted by atomic mass is 9.88. The summed E-state index contributed by atoms with van der Waals surface area (Å²) in [4.78, 5) is 5.64. The minimum absolute atomic E-state index is 0.0160. The van der Waals surface area contributed by atoms with Crippen LogP contribution in [0.2, 0.25) is 0 Å². The number of thiazole rings is 1. The van der Waals surface area contributed by atoms with Gasteiger partial charge in [-0.05, 0) is 66.0 Å². The van der Waals surface area contributed by atoms with Gasteiger partial charge < -0.3 is 9.47 Å². The Balaban J connectivity index is 2.00. The molecule has 32 heavy (non-hydrogen) atoms. The number of nitrogens with zero attached hydrogens (tertiary/aromatic N) is 1. The first-order chi connectivity index (χ1) is 14.9. The number of halogens is 3. The smallest absolute Gasteiger partial charge is 0.286 e. The fourth-order valence-corrected chi connectivity index (χ4v) is 4.53. The van der Waals surface area contributed by atoms with E-state index in [-0.39, 0.29) is 6.10 Å². The molecular formula is C25H28BrF2NO2S. The summed E-state index contributed by atoms with van der Waals surface area (Å²) >= 11 is 4.99. The topological polar surface area (TPSA) is 31.4 Å². The van der Waals surface area contributed by atoms with E-state index in [0.717, 1.165) is 36.9 Å². The van der Waals surface area contributed by atoms with Gasteiger partial charge in [-0.3, -0.25) is 0 Å². The Hall–Kier alpha value is -1.99. The van der Waals surface area contributed by atoms with Crippen LogP contribution in [0.4, 0.5) is 8.78 Å². The Bertz CT molecular complexity index is 1090. The number of hydrogen-bond acceptors (Lipinski definition) is 4. The van der Waals surface area contributed by atoms with Gasteiger partial charge >= 0.3 is 0 Å². The fraction of sp³-hybridized carbons (Fsp3) is 0.400. The number of ether oxygens (including phenoxy) is 2. The lowest BCUT2D eigenvalue weighted by molar-refractivity contribution is -0.123. The highest BCUT2D eigenvalue weighted by molar-refractivity contribution is 9.11. The molecule has 0 aliphatic heterocycles. The van der Waals surface area contributed by atoms with Crippen molar-refractivity contribution in [2.45, 2.75) is 53.6 Å². The van der Waals surface area contributed by atoms with Crippen LogP contribution in [0.5, 0.6) is 11.5 Å². The Morgan fingerprint density at radius 3 is 2.44 bits per heavy atom. The molecule has 0 atom stereocenters. The first-order valence-corrected chi connectivity index (χ1v) is 12.0. The normalized spacial score (nSPS) is 12.3. The summed E-state index contributed by atoms with van der Waals surface area (Å²) in [6.45, 7) is 9.83. The summed E-state index contributed by atoms with van der Waals surface area (Å²) in [5, 5.41) is 0. The number of aryl methyl sites for hydroxylation is 1. The molecule has 0 saturated heterocycles. The van der Waals surface area contributed by atoms with Gasteiger partial charge in [-0.2, -0.15) is 0 Å². The Kier molecular flexibility index (Phi) is 7.30. The van der Waals surface area contributed by atoms with Crippen LogP contribution in [0.15, 0.2) is 46.4 Å². The van der Waals surface area contributed by atoms with Crippen molar-refractivity contribution in [2.75, 3.05) is 6.61 Å². The lowest BCUT2D eigenvalue weighted by Gasteiger charge is -2.30. The number of alkyl halides is 2. The standard InChI is InChI=1S/C25H28BrF2NO2S/c1-15(2)31-19-12-7-9-16(3)20(19)21-22(32-23(26)29-21)17-10-8-11-18(13-17)30-14-25(27,28)24(4,5)6/h7-13,15H,14H2,1-6H3. The highest BCUT2D eigenvalue weighted by atomic mass is 79.9. The maximum absolute atomic E-state index is 14.4. The molecule has 3 rings (SSSR count). The Labute approximate surface area is 200 Å². The van der Waals surface area contributed by atoms with Gasteiger partial charge in [-0.25, -0.2) is 13.8 Å². The van der Waals surface area contributed by atoms with Crippen molar-refractivity contribution in [1.29, 1.82) is 0 Å². The fourth-order valence-electron chi connectivity index (χ4n) is 3.07. The van der Waals surface area contributed by atoms with Crippen LogP contribution in [0.3, 0.4) is 0 Å². The van der Waals surface area contributed by atoms with Crippen molar-refractivity contribution in [3.63, 3.8) is 0 Å². The highest BCUT2D eigenvalue weighted by Gasteiger charge is 2.43. The molecule has 1 heterocycles. The SMILES string of the molecule is Cc1cccc(OC(C)C)c1-c1nc(Br)sc1-c1cccc(OCC(F)(F)C(C)(C)C)c1. The van der Waals surface area contributed by atoms with E-state index in [1.165, 1.54) is 32.1 Å². The second-order valence-corrected chi connectivity index (χ2v) is 11.3. The molecule has 0 radical (unpaired) electrons. The molecule has 0 fully saturated rings. The minimum Gasteiger partial charge on any atom is -0.490 e. The zero-order chi connectivity index (χ0) is 23.7. The maximum Gasteiger partial charge on any atom is 0.286 e. The van der Waals surface area contributed by atoms with Gasteiger partial charge in [0.1, 0.15) is 11.5 Å². The van der Waals surface area contributed by atoms with Crippen molar-refractivity contribution >= 4 is 27.3 Å². The molecule has 0 amide bonds. The molecule has 1 aromatic heterocycles. The van der Waals surface area contributed by atoms with E-state index in [9.17, 15) is 8.78 Å². The van der Waals surface area contributed by atoms with Gasteiger partial charge in [-0.1, -0.05) is 45.0 Å². The monoisotopic (exact) mass is 523 g/mol. The van der Waals surface area contributed by atoms with Crippen LogP contribution in [-0.4, -0.2) is 23.6 Å². The van der Waals surface area contributed by atoms with E-state index >= 15 is 0 Å². The predicted octanol–water partition coefficient (Wildman–Crippen LogP) is 8.40. The Morgan fingerprint density at radius 2 is 1.78 bits per heavy atom. The number of aromatic nitrogens is 1. The predicted molar refractivity (Wildman–Crippen MR) is 131 cm³/mol. The Morgan fingerprint density at radius 1 is 1.09 bits per heavy atom. The first-order valence-electron chi connectivity index (χ1n) is 10.4. The molecule has 0 spiro atoms. The van der Waals surface area contributed by atoms with Crippen molar-refractivity contribution in [3.05, 3.63) is 51.9 Å². The van der Waals surface area contributed by atoms with Gasteiger partial charge in [0, 0.05) is 11.0 Å². The largest absolute Gasteiger partial charge is 0.490 e.